The van der Waals surface area contributed by atoms with E-state index in [1.807, 2.05) is 72.8 Å². The van der Waals surface area contributed by atoms with Crippen LogP contribution in [0.15, 0.2) is 77.2 Å². The second-order valence-corrected chi connectivity index (χ2v) is 14.0. The Balaban J connectivity index is 1.47. The molecule has 0 atom stereocenters. The van der Waals surface area contributed by atoms with E-state index in [1.165, 1.54) is 0 Å². The molecule has 17 heteroatoms. The van der Waals surface area contributed by atoms with Gasteiger partial charge in [-0.05, 0) is 39.4 Å². The van der Waals surface area contributed by atoms with Gasteiger partial charge in [0.15, 0.2) is 17.5 Å². The summed E-state index contributed by atoms with van der Waals surface area (Å²) in [5.41, 5.74) is 1.96. The number of nitriles is 1. The minimum atomic E-state index is -0.127. The summed E-state index contributed by atoms with van der Waals surface area (Å²) in [6.07, 6.45) is 0. The zero-order valence-electron chi connectivity index (χ0n) is 31.1. The molecule has 0 saturated heterocycles. The highest BCUT2D eigenvalue weighted by Crippen LogP contribution is 2.37. The van der Waals surface area contributed by atoms with Gasteiger partial charge in [0.2, 0.25) is 0 Å². The molecule has 59 heavy (non-hydrogen) atoms. The third-order valence-electron chi connectivity index (χ3n) is 10.9. The molecule has 0 aliphatic rings. The van der Waals surface area contributed by atoms with E-state index in [0.29, 0.717) is 28.1 Å². The van der Waals surface area contributed by atoms with Crippen LogP contribution in [0, 0.1) is 11.3 Å². The van der Waals surface area contributed by atoms with E-state index >= 15 is 0 Å². The average molecular weight is 718 g/mol. The van der Waals surface area contributed by atoms with Crippen LogP contribution in [-0.4, -0.2) is 109 Å². The Bertz CT molecular complexity index is 3380. The van der Waals surface area contributed by atoms with Crippen molar-refractivity contribution in [3.05, 3.63) is 78.4 Å². The fourth-order valence-corrected chi connectivity index (χ4v) is 7.93. The molecular weight excluding hydrogens is 706 g/mol. The maximum absolute atomic E-state index is 10.5. The van der Waals surface area contributed by atoms with E-state index < -0.39 is 0 Å². The predicted octanol–water partition coefficient (Wildman–Crippen LogP) is -3.86. The Kier molecular flexibility index (Phi) is 9.27. The Morgan fingerprint density at radius 1 is 0.390 bits per heavy atom. The topological polar surface area (TPSA) is 75.6 Å². The third-order valence-corrected chi connectivity index (χ3v) is 10.9. The standard InChI is InChI=1S/C42H12B12N4O/c43-28-17(13-55)21-22(29(44)38(53)34(49)26(21)33(48)36(28)51)23-24-25(32(47)37(52)30(23)45)27(35(50)39(54)31(24)46)42-57-40(14-7-2-1-3-8-14)56-41(58-42)16-10-6-12-19-20(16)15-9-4-5-11-18(15)59-19/h1-12H. The van der Waals surface area contributed by atoms with E-state index in [1.54, 1.807) is 0 Å². The molecule has 2 aromatic heterocycles. The molecule has 7 aromatic carbocycles. The van der Waals surface area contributed by atoms with E-state index in [-0.39, 0.29) is 121 Å². The van der Waals surface area contributed by atoms with Crippen molar-refractivity contribution in [2.45, 2.75) is 0 Å². The lowest BCUT2D eigenvalue weighted by Crippen LogP contribution is -2.50. The van der Waals surface area contributed by atoms with Crippen molar-refractivity contribution < 1.29 is 4.42 Å². The number of para-hydroxylation sites is 1. The van der Waals surface area contributed by atoms with Crippen LogP contribution in [0.5, 0.6) is 0 Å². The molecule has 9 aromatic rings. The molecule has 0 fully saturated rings. The smallest absolute Gasteiger partial charge is 0.164 e. The van der Waals surface area contributed by atoms with Crippen LogP contribution in [0.4, 0.5) is 0 Å². The SMILES string of the molecule is [B]c1c([B])c(C#N)c2c(-c3c([B])c([B])c([B])c4c(-c5nc(-c6ccccc6)nc(-c6cccc7oc8ccccc8c67)n5)c([B])c([B])c([B])c34)c([B])c([B])c([B])c2c1[B]. The summed E-state index contributed by atoms with van der Waals surface area (Å²) in [4.78, 5) is 15.0. The number of benzene rings is 7. The molecule has 0 N–H and O–H groups in total. The van der Waals surface area contributed by atoms with Crippen LogP contribution >= 0.6 is 0 Å². The van der Waals surface area contributed by atoms with Gasteiger partial charge in [-0.1, -0.05) is 104 Å². The molecule has 0 aliphatic carbocycles. The first kappa shape index (κ1) is 38.6. The van der Waals surface area contributed by atoms with Gasteiger partial charge < -0.3 is 4.42 Å². The molecule has 24 radical (unpaired) electrons. The van der Waals surface area contributed by atoms with Gasteiger partial charge in [-0.15, -0.1) is 21.9 Å². The Morgan fingerprint density at radius 2 is 0.881 bits per heavy atom. The number of aromatic nitrogens is 3. The van der Waals surface area contributed by atoms with E-state index in [0.717, 1.165) is 10.8 Å². The maximum atomic E-state index is 10.5. The first-order chi connectivity index (χ1) is 28.3. The average Bonchev–Trinajstić information content (AvgIpc) is 3.64. The molecule has 2 heterocycles. The molecule has 9 rings (SSSR count). The van der Waals surface area contributed by atoms with Crippen molar-refractivity contribution in [2.24, 2.45) is 0 Å². The van der Waals surface area contributed by atoms with Crippen molar-refractivity contribution in [2.75, 3.05) is 0 Å². The normalized spacial score (nSPS) is 11.5. The maximum Gasteiger partial charge on any atom is 0.164 e. The summed E-state index contributed by atoms with van der Waals surface area (Å²) in [5, 5.41) is 12.6. The van der Waals surface area contributed by atoms with Gasteiger partial charge in [-0.3, -0.25) is 0 Å². The highest BCUT2D eigenvalue weighted by atomic mass is 16.3. The summed E-state index contributed by atoms with van der Waals surface area (Å²) in [6, 6.07) is 24.7. The van der Waals surface area contributed by atoms with Crippen LogP contribution in [0.3, 0.4) is 0 Å². The largest absolute Gasteiger partial charge is 0.456 e. The Hall–Kier alpha value is -5.86. The van der Waals surface area contributed by atoms with Gasteiger partial charge >= 0.3 is 0 Å². The lowest BCUT2D eigenvalue weighted by molar-refractivity contribution is 0.669. The van der Waals surface area contributed by atoms with Crippen LogP contribution in [0.2, 0.25) is 0 Å². The van der Waals surface area contributed by atoms with Gasteiger partial charge in [0.25, 0.3) is 0 Å². The molecule has 5 nitrogen and oxygen atoms in total. The van der Waals surface area contributed by atoms with Crippen molar-refractivity contribution >= 4 is 203 Å². The Morgan fingerprint density at radius 3 is 1.53 bits per heavy atom. The highest BCUT2D eigenvalue weighted by Gasteiger charge is 2.27. The fraction of sp³-hybridized carbons (Fsp3) is 0. The third kappa shape index (κ3) is 5.59. The van der Waals surface area contributed by atoms with Crippen LogP contribution in [0.1, 0.15) is 5.56 Å². The Labute approximate surface area is 355 Å². The van der Waals surface area contributed by atoms with E-state index in [9.17, 15) is 5.26 Å². The quantitative estimate of drug-likeness (QED) is 0.175. The second-order valence-electron chi connectivity index (χ2n) is 14.0. The molecule has 0 unspecified atom stereocenters. The van der Waals surface area contributed by atoms with Gasteiger partial charge in [-0.25, -0.2) is 15.0 Å². The summed E-state index contributed by atoms with van der Waals surface area (Å²) >= 11 is 0. The number of fused-ring (bicyclic) bond motifs is 5. The summed E-state index contributed by atoms with van der Waals surface area (Å²) in [5.74, 6) is 0.632. The predicted molar refractivity (Wildman–Crippen MR) is 253 cm³/mol. The zero-order chi connectivity index (χ0) is 41.8. The van der Waals surface area contributed by atoms with Gasteiger partial charge in [-0.2, -0.15) is 5.26 Å². The molecule has 0 spiro atoms. The van der Waals surface area contributed by atoms with Gasteiger partial charge in [0.1, 0.15) is 105 Å². The molecule has 242 valence electrons. The zero-order valence-corrected chi connectivity index (χ0v) is 31.1. The molecule has 0 bridgehead atoms. The second kappa shape index (κ2) is 14.2. The number of hydrogen-bond acceptors (Lipinski definition) is 5. The number of nitrogens with zero attached hydrogens (tertiary/aromatic N) is 4. The summed E-state index contributed by atoms with van der Waals surface area (Å²) in [6.45, 7) is 0. The minimum absolute atomic E-state index is 0.0198. The van der Waals surface area contributed by atoms with Gasteiger partial charge in [0, 0.05) is 32.8 Å². The number of hydrogen-bond donors (Lipinski definition) is 0. The van der Waals surface area contributed by atoms with Gasteiger partial charge in [0.05, 0.1) is 11.6 Å². The number of furan rings is 1. The summed E-state index contributed by atoms with van der Waals surface area (Å²) < 4.78 is 6.21. The van der Waals surface area contributed by atoms with Crippen LogP contribution < -0.4 is 65.6 Å². The van der Waals surface area contributed by atoms with E-state index in [2.05, 4.69) is 6.07 Å². The number of rotatable bonds is 4. The first-order valence-electron chi connectivity index (χ1n) is 17.9. The lowest BCUT2D eigenvalue weighted by Gasteiger charge is -2.29. The van der Waals surface area contributed by atoms with E-state index in [4.69, 9.17) is 114 Å². The first-order valence-corrected chi connectivity index (χ1v) is 17.9. The van der Waals surface area contributed by atoms with Crippen LogP contribution in [0.25, 0.3) is 88.8 Å². The highest BCUT2D eigenvalue weighted by molar-refractivity contribution is 6.71. The molecular formula is C42H12B12N4O. The van der Waals surface area contributed by atoms with Crippen molar-refractivity contribution in [3.8, 4) is 51.4 Å². The van der Waals surface area contributed by atoms with Crippen molar-refractivity contribution in [3.63, 3.8) is 0 Å². The van der Waals surface area contributed by atoms with Crippen molar-refractivity contribution in [1.82, 2.24) is 15.0 Å². The van der Waals surface area contributed by atoms with Crippen molar-refractivity contribution in [1.29, 1.82) is 5.26 Å². The summed E-state index contributed by atoms with van der Waals surface area (Å²) in [7, 11) is 80.3. The fourth-order valence-electron chi connectivity index (χ4n) is 7.93. The molecule has 0 amide bonds. The lowest BCUT2D eigenvalue weighted by atomic mass is 9.57. The molecule has 0 aliphatic heterocycles. The molecule has 0 saturated carbocycles. The minimum Gasteiger partial charge on any atom is -0.456 e. The monoisotopic (exact) mass is 720 g/mol. The van der Waals surface area contributed by atoms with Crippen LogP contribution in [-0.2, 0) is 0 Å².